The number of hydrogen-bond acceptors (Lipinski definition) is 7. The zero-order valence-electron chi connectivity index (χ0n) is 16.9. The van der Waals surface area contributed by atoms with E-state index < -0.39 is 16.0 Å². The average Bonchev–Trinajstić information content (AvgIpc) is 2.67. The highest BCUT2D eigenvalue weighted by Crippen LogP contribution is 2.15. The molecule has 2 aromatic rings. The predicted octanol–water partition coefficient (Wildman–Crippen LogP) is 2.67. The number of hydrogen-bond donors (Lipinski definition) is 0. The van der Waals surface area contributed by atoms with Crippen molar-refractivity contribution in [2.75, 3.05) is 20.7 Å². The Morgan fingerprint density at radius 3 is 2.38 bits per heavy atom. The van der Waals surface area contributed by atoms with Crippen LogP contribution in [0.4, 0.5) is 0 Å². The molecule has 158 valence electrons. The highest BCUT2D eigenvalue weighted by Gasteiger charge is 2.18. The van der Waals surface area contributed by atoms with Gasteiger partial charge in [0.2, 0.25) is 21.2 Å². The molecule has 0 atom stereocenters. The fourth-order valence-electron chi connectivity index (χ4n) is 2.22. The third-order valence-electron chi connectivity index (χ3n) is 4.02. The van der Waals surface area contributed by atoms with Crippen molar-refractivity contribution < 1.29 is 27.1 Å². The average molecular weight is 423 g/mol. The van der Waals surface area contributed by atoms with Crippen LogP contribution in [0.2, 0.25) is 0 Å². The first kappa shape index (κ1) is 22.6. The SMILES string of the molecule is CC(C)CCOc1coc(COC(=O)c2ccc(S(=O)(=O)N(C)C)cc2)cc1=O. The summed E-state index contributed by atoms with van der Waals surface area (Å²) in [4.78, 5) is 24.2. The lowest BCUT2D eigenvalue weighted by Crippen LogP contribution is -2.22. The first-order valence-corrected chi connectivity index (χ1v) is 10.5. The molecule has 29 heavy (non-hydrogen) atoms. The Morgan fingerprint density at radius 1 is 1.17 bits per heavy atom. The molecule has 0 radical (unpaired) electrons. The second-order valence-electron chi connectivity index (χ2n) is 6.99. The van der Waals surface area contributed by atoms with Crippen molar-refractivity contribution in [1.82, 2.24) is 4.31 Å². The van der Waals surface area contributed by atoms with E-state index in [4.69, 9.17) is 13.9 Å². The molecule has 0 aliphatic carbocycles. The first-order valence-electron chi connectivity index (χ1n) is 9.05. The van der Waals surface area contributed by atoms with Gasteiger partial charge < -0.3 is 13.9 Å². The summed E-state index contributed by atoms with van der Waals surface area (Å²) >= 11 is 0. The molecule has 9 heteroatoms. The molecule has 8 nitrogen and oxygen atoms in total. The van der Waals surface area contributed by atoms with Crippen LogP contribution in [0.5, 0.6) is 5.75 Å². The molecule has 0 spiro atoms. The third kappa shape index (κ3) is 6.16. The maximum Gasteiger partial charge on any atom is 0.338 e. The fraction of sp³-hybridized carbons (Fsp3) is 0.400. The molecule has 0 N–H and O–H groups in total. The van der Waals surface area contributed by atoms with E-state index in [9.17, 15) is 18.0 Å². The summed E-state index contributed by atoms with van der Waals surface area (Å²) in [6, 6.07) is 6.59. The highest BCUT2D eigenvalue weighted by atomic mass is 32.2. The second kappa shape index (κ2) is 9.71. The summed E-state index contributed by atoms with van der Waals surface area (Å²) in [7, 11) is -0.730. The summed E-state index contributed by atoms with van der Waals surface area (Å²) < 4.78 is 41.0. The molecule has 2 rings (SSSR count). The van der Waals surface area contributed by atoms with Crippen LogP contribution in [0.25, 0.3) is 0 Å². The third-order valence-corrected chi connectivity index (χ3v) is 5.85. The smallest absolute Gasteiger partial charge is 0.338 e. The van der Waals surface area contributed by atoms with Crippen LogP contribution in [0.1, 0.15) is 36.4 Å². The van der Waals surface area contributed by atoms with Crippen molar-refractivity contribution >= 4 is 16.0 Å². The van der Waals surface area contributed by atoms with Gasteiger partial charge in [-0.2, -0.15) is 0 Å². The summed E-state index contributed by atoms with van der Waals surface area (Å²) in [5.74, 6) is 0.0706. The molecule has 0 amide bonds. The van der Waals surface area contributed by atoms with Crippen LogP contribution in [0.15, 0.2) is 50.7 Å². The van der Waals surface area contributed by atoms with E-state index in [1.807, 2.05) is 0 Å². The van der Waals surface area contributed by atoms with Crippen molar-refractivity contribution in [2.24, 2.45) is 5.92 Å². The minimum absolute atomic E-state index is 0.0677. The Hall–Kier alpha value is -2.65. The second-order valence-corrected chi connectivity index (χ2v) is 9.15. The van der Waals surface area contributed by atoms with Crippen molar-refractivity contribution in [3.8, 4) is 5.75 Å². The molecule has 0 aliphatic rings. The Bertz CT molecular complexity index is 992. The van der Waals surface area contributed by atoms with E-state index in [0.717, 1.165) is 10.7 Å². The summed E-state index contributed by atoms with van der Waals surface area (Å²) in [6.07, 6.45) is 2.01. The Kier molecular flexibility index (Phi) is 7.58. The number of sulfonamides is 1. The van der Waals surface area contributed by atoms with Crippen LogP contribution in [0, 0.1) is 5.92 Å². The molecule has 0 fully saturated rings. The van der Waals surface area contributed by atoms with Crippen molar-refractivity contribution in [2.45, 2.75) is 31.8 Å². The predicted molar refractivity (Wildman–Crippen MR) is 106 cm³/mol. The van der Waals surface area contributed by atoms with Gasteiger partial charge in [-0.1, -0.05) is 13.8 Å². The lowest BCUT2D eigenvalue weighted by atomic mass is 10.1. The molecule has 1 aromatic carbocycles. The van der Waals surface area contributed by atoms with Crippen LogP contribution in [0.3, 0.4) is 0 Å². The normalized spacial score (nSPS) is 11.7. The van der Waals surface area contributed by atoms with Crippen molar-refractivity contribution in [3.63, 3.8) is 0 Å². The van der Waals surface area contributed by atoms with Gasteiger partial charge in [0.05, 0.1) is 17.1 Å². The largest absolute Gasteiger partial charge is 0.487 e. The zero-order valence-corrected chi connectivity index (χ0v) is 17.7. The van der Waals surface area contributed by atoms with Gasteiger partial charge in [-0.3, -0.25) is 4.79 Å². The van der Waals surface area contributed by atoms with E-state index in [1.54, 1.807) is 0 Å². The standard InChI is InChI=1S/C20H25NO7S/c1-14(2)9-10-26-19-13-27-16(11-18(19)22)12-28-20(23)15-5-7-17(8-6-15)29(24,25)21(3)4/h5-8,11,13-14H,9-10,12H2,1-4H3. The minimum Gasteiger partial charge on any atom is -0.487 e. The monoisotopic (exact) mass is 423 g/mol. The van der Waals surface area contributed by atoms with Crippen LogP contribution < -0.4 is 10.2 Å². The lowest BCUT2D eigenvalue weighted by molar-refractivity contribution is 0.0442. The maximum atomic E-state index is 12.1. The summed E-state index contributed by atoms with van der Waals surface area (Å²) in [6.45, 7) is 4.28. The number of esters is 1. The van der Waals surface area contributed by atoms with Crippen molar-refractivity contribution in [3.05, 3.63) is 58.1 Å². The molecule has 0 bridgehead atoms. The van der Waals surface area contributed by atoms with Gasteiger partial charge in [0.1, 0.15) is 18.6 Å². The van der Waals surface area contributed by atoms with Gasteiger partial charge in [0, 0.05) is 20.2 Å². The highest BCUT2D eigenvalue weighted by molar-refractivity contribution is 7.89. The quantitative estimate of drug-likeness (QED) is 0.571. The van der Waals surface area contributed by atoms with Gasteiger partial charge in [-0.25, -0.2) is 17.5 Å². The molecule has 0 saturated heterocycles. The fourth-order valence-corrected chi connectivity index (χ4v) is 3.12. The summed E-state index contributed by atoms with van der Waals surface area (Å²) in [5.41, 5.74) is -0.178. The number of carbonyl (C=O) groups is 1. The van der Waals surface area contributed by atoms with Gasteiger partial charge in [0.25, 0.3) is 0 Å². The van der Waals surface area contributed by atoms with E-state index in [-0.39, 0.29) is 34.0 Å². The van der Waals surface area contributed by atoms with Gasteiger partial charge >= 0.3 is 5.97 Å². The number of rotatable bonds is 9. The molecule has 1 heterocycles. The molecule has 1 aromatic heterocycles. The number of carbonyl (C=O) groups excluding carboxylic acids is 1. The Labute approximate surface area is 170 Å². The topological polar surface area (TPSA) is 103 Å². The van der Waals surface area contributed by atoms with Crippen molar-refractivity contribution in [1.29, 1.82) is 0 Å². The van der Waals surface area contributed by atoms with Gasteiger partial charge in [-0.15, -0.1) is 0 Å². The molecule has 0 saturated carbocycles. The minimum atomic E-state index is -3.58. The van der Waals surface area contributed by atoms with E-state index in [1.165, 1.54) is 50.7 Å². The molecular formula is C20H25NO7S. The van der Waals surface area contributed by atoms with Gasteiger partial charge in [0.15, 0.2) is 0 Å². The number of benzene rings is 1. The summed E-state index contributed by atoms with van der Waals surface area (Å²) in [5, 5.41) is 0. The lowest BCUT2D eigenvalue weighted by Gasteiger charge is -2.11. The molecular weight excluding hydrogens is 398 g/mol. The number of nitrogens with zero attached hydrogens (tertiary/aromatic N) is 1. The molecule has 0 aliphatic heterocycles. The van der Waals surface area contributed by atoms with Crippen LogP contribution in [-0.4, -0.2) is 39.4 Å². The van der Waals surface area contributed by atoms with Crippen LogP contribution >= 0.6 is 0 Å². The van der Waals surface area contributed by atoms with E-state index in [2.05, 4.69) is 13.8 Å². The Morgan fingerprint density at radius 2 is 1.83 bits per heavy atom. The van der Waals surface area contributed by atoms with Crippen LogP contribution in [-0.2, 0) is 21.4 Å². The van der Waals surface area contributed by atoms with E-state index >= 15 is 0 Å². The maximum absolute atomic E-state index is 12.1. The first-order chi connectivity index (χ1) is 13.6. The number of ether oxygens (including phenoxy) is 2. The van der Waals surface area contributed by atoms with E-state index in [0.29, 0.717) is 12.5 Å². The Balaban J connectivity index is 1.97. The zero-order chi connectivity index (χ0) is 21.6. The molecule has 0 unspecified atom stereocenters. The van der Waals surface area contributed by atoms with Gasteiger partial charge in [-0.05, 0) is 36.6 Å².